The van der Waals surface area contributed by atoms with Crippen LogP contribution in [-0.2, 0) is 21.3 Å². The Morgan fingerprint density at radius 3 is 2.67 bits per heavy atom. The summed E-state index contributed by atoms with van der Waals surface area (Å²) in [7, 11) is -1.19. The van der Waals surface area contributed by atoms with E-state index in [2.05, 4.69) is 14.7 Å². The predicted octanol–water partition coefficient (Wildman–Crippen LogP) is 1.15. The predicted molar refractivity (Wildman–Crippen MR) is 76.3 cm³/mol. The van der Waals surface area contributed by atoms with E-state index in [-0.39, 0.29) is 16.4 Å². The molecule has 0 spiro atoms. The van der Waals surface area contributed by atoms with Gasteiger partial charge in [-0.15, -0.1) is 11.3 Å². The summed E-state index contributed by atoms with van der Waals surface area (Å²) in [5.41, 5.74) is 1.91. The van der Waals surface area contributed by atoms with Gasteiger partial charge in [0.05, 0.1) is 12.6 Å². The van der Waals surface area contributed by atoms with Crippen molar-refractivity contribution in [2.75, 3.05) is 14.2 Å². The number of aromatic nitrogens is 2. The lowest BCUT2D eigenvalue weighted by Crippen LogP contribution is -2.27. The van der Waals surface area contributed by atoms with Gasteiger partial charge in [-0.1, -0.05) is 0 Å². The van der Waals surface area contributed by atoms with Gasteiger partial charge < -0.3 is 4.74 Å². The minimum Gasteiger partial charge on any atom is -0.464 e. The van der Waals surface area contributed by atoms with Crippen LogP contribution in [0.2, 0.25) is 0 Å². The zero-order chi connectivity index (χ0) is 15.5. The van der Waals surface area contributed by atoms with Gasteiger partial charge in [0.25, 0.3) is 10.0 Å². The minimum absolute atomic E-state index is 0.120. The van der Waals surface area contributed by atoms with Crippen molar-refractivity contribution in [3.8, 4) is 0 Å². The van der Waals surface area contributed by atoms with Gasteiger partial charge in [0.2, 0.25) is 0 Å². The first-order chi connectivity index (χ1) is 9.96. The number of ether oxygens (including phenoxy) is 1. The van der Waals surface area contributed by atoms with E-state index in [1.165, 1.54) is 19.7 Å². The van der Waals surface area contributed by atoms with Crippen molar-refractivity contribution in [1.82, 2.24) is 14.3 Å². The molecule has 2 heterocycles. The topological polar surface area (TPSA) is 89.5 Å². The molecule has 0 amide bonds. The van der Waals surface area contributed by atoms with Gasteiger partial charge in [0.15, 0.2) is 9.90 Å². The van der Waals surface area contributed by atoms with E-state index in [0.717, 1.165) is 21.2 Å². The maximum atomic E-state index is 12.5. The summed E-state index contributed by atoms with van der Waals surface area (Å²) < 4.78 is 30.6. The molecule has 0 saturated heterocycles. The van der Waals surface area contributed by atoms with Crippen LogP contribution in [0.3, 0.4) is 0 Å². The summed E-state index contributed by atoms with van der Waals surface area (Å²) in [6.45, 7) is 0.170. The van der Waals surface area contributed by atoms with Gasteiger partial charge in [-0.2, -0.15) is 4.31 Å². The third-order valence-corrected chi connectivity index (χ3v) is 5.86. The molecule has 0 aliphatic carbocycles. The van der Waals surface area contributed by atoms with Gasteiger partial charge >= 0.3 is 5.97 Å². The van der Waals surface area contributed by atoms with Crippen molar-refractivity contribution in [3.63, 3.8) is 0 Å². The van der Waals surface area contributed by atoms with Crippen LogP contribution in [0, 0.1) is 0 Å². The van der Waals surface area contributed by atoms with E-state index in [0.29, 0.717) is 0 Å². The first-order valence-corrected chi connectivity index (χ1v) is 8.16. The van der Waals surface area contributed by atoms with Gasteiger partial charge in [0.1, 0.15) is 0 Å². The molecule has 2 aromatic heterocycles. The summed E-state index contributed by atoms with van der Waals surface area (Å²) in [6, 6.07) is 3.44. The molecule has 0 atom stereocenters. The summed E-state index contributed by atoms with van der Waals surface area (Å²) in [4.78, 5) is 19.2. The van der Waals surface area contributed by atoms with Crippen LogP contribution < -0.4 is 0 Å². The molecule has 21 heavy (non-hydrogen) atoms. The summed E-state index contributed by atoms with van der Waals surface area (Å²) >= 11 is 0.885. The Kier molecular flexibility index (Phi) is 4.66. The molecular weight excluding hydrogens is 314 g/mol. The first-order valence-electron chi connectivity index (χ1n) is 5.84. The minimum atomic E-state index is -3.81. The number of carbonyl (C=O) groups excluding carboxylic acids is 1. The number of hydrogen-bond acceptors (Lipinski definition) is 7. The first kappa shape index (κ1) is 15.5. The lowest BCUT2D eigenvalue weighted by Gasteiger charge is -2.16. The largest absolute Gasteiger partial charge is 0.464 e. The van der Waals surface area contributed by atoms with Crippen molar-refractivity contribution in [3.05, 3.63) is 41.3 Å². The summed E-state index contributed by atoms with van der Waals surface area (Å²) in [6.07, 6.45) is 3.17. The zero-order valence-corrected chi connectivity index (χ0v) is 13.0. The molecule has 0 unspecified atom stereocenters. The maximum Gasteiger partial charge on any atom is 0.358 e. The molecule has 0 radical (unpaired) electrons. The Balaban J connectivity index is 2.30. The van der Waals surface area contributed by atoms with Crippen LogP contribution in [0.25, 0.3) is 0 Å². The molecule has 2 aromatic rings. The molecule has 0 saturated carbocycles. The van der Waals surface area contributed by atoms with E-state index in [1.807, 2.05) is 0 Å². The SMILES string of the molecule is COC(=O)c1ncsc1S(=O)(=O)N(C)Cc1ccncc1. The van der Waals surface area contributed by atoms with Gasteiger partial charge in [-0.3, -0.25) is 4.98 Å². The van der Waals surface area contributed by atoms with E-state index in [4.69, 9.17) is 0 Å². The standard InChI is InChI=1S/C12H13N3O4S2/c1-15(7-9-3-5-13-6-4-9)21(17,18)12-10(11(16)19-2)14-8-20-12/h3-6,8H,7H2,1-2H3. The second kappa shape index (κ2) is 6.29. The van der Waals surface area contributed by atoms with Crippen molar-refractivity contribution in [2.45, 2.75) is 10.8 Å². The number of sulfonamides is 1. The highest BCUT2D eigenvalue weighted by Crippen LogP contribution is 2.24. The fourth-order valence-corrected chi connectivity index (χ4v) is 4.10. The lowest BCUT2D eigenvalue weighted by atomic mass is 10.3. The molecule has 0 N–H and O–H groups in total. The Morgan fingerprint density at radius 1 is 1.38 bits per heavy atom. The highest BCUT2D eigenvalue weighted by atomic mass is 32.2. The van der Waals surface area contributed by atoms with Crippen molar-refractivity contribution < 1.29 is 17.9 Å². The van der Waals surface area contributed by atoms with Crippen LogP contribution in [0.4, 0.5) is 0 Å². The summed E-state index contributed by atoms with van der Waals surface area (Å²) in [5, 5.41) is 0. The number of esters is 1. The molecule has 0 aliphatic rings. The van der Waals surface area contributed by atoms with E-state index >= 15 is 0 Å². The van der Waals surface area contributed by atoms with Gasteiger partial charge in [-0.25, -0.2) is 18.2 Å². The summed E-state index contributed by atoms with van der Waals surface area (Å²) in [5.74, 6) is -0.771. The third-order valence-electron chi connectivity index (χ3n) is 2.71. The number of hydrogen-bond donors (Lipinski definition) is 0. The van der Waals surface area contributed by atoms with Crippen LogP contribution in [0.1, 0.15) is 16.1 Å². The number of rotatable bonds is 5. The van der Waals surface area contributed by atoms with E-state index in [1.54, 1.807) is 24.5 Å². The smallest absolute Gasteiger partial charge is 0.358 e. The second-order valence-corrected chi connectivity index (χ2v) is 7.19. The average Bonchev–Trinajstić information content (AvgIpc) is 2.97. The van der Waals surface area contributed by atoms with Crippen molar-refractivity contribution in [1.29, 1.82) is 0 Å². The normalized spacial score (nSPS) is 11.6. The Morgan fingerprint density at radius 2 is 2.05 bits per heavy atom. The van der Waals surface area contributed by atoms with Crippen molar-refractivity contribution >= 4 is 27.3 Å². The number of thiazole rings is 1. The van der Waals surface area contributed by atoms with Crippen molar-refractivity contribution in [2.24, 2.45) is 0 Å². The average molecular weight is 327 g/mol. The molecule has 9 heteroatoms. The molecule has 2 rings (SSSR count). The van der Waals surface area contributed by atoms with Crippen LogP contribution in [-0.4, -0.2) is 42.8 Å². The highest BCUT2D eigenvalue weighted by Gasteiger charge is 2.30. The lowest BCUT2D eigenvalue weighted by molar-refractivity contribution is 0.0590. The number of carbonyl (C=O) groups is 1. The number of methoxy groups -OCH3 is 1. The van der Waals surface area contributed by atoms with E-state index < -0.39 is 16.0 Å². The molecule has 0 bridgehead atoms. The maximum absolute atomic E-state index is 12.5. The number of nitrogens with zero attached hydrogens (tertiary/aromatic N) is 3. The fraction of sp³-hybridized carbons (Fsp3) is 0.250. The Labute approximate surface area is 126 Å². The Hall–Kier alpha value is -1.84. The van der Waals surface area contributed by atoms with Crippen LogP contribution in [0.15, 0.2) is 34.2 Å². The third kappa shape index (κ3) is 3.26. The molecular formula is C12H13N3O4S2. The molecule has 0 fully saturated rings. The van der Waals surface area contributed by atoms with Crippen LogP contribution >= 0.6 is 11.3 Å². The zero-order valence-electron chi connectivity index (χ0n) is 11.4. The Bertz CT molecular complexity index is 728. The molecule has 112 valence electrons. The van der Waals surface area contributed by atoms with Crippen LogP contribution in [0.5, 0.6) is 0 Å². The monoisotopic (exact) mass is 327 g/mol. The van der Waals surface area contributed by atoms with Gasteiger partial charge in [0, 0.05) is 26.0 Å². The van der Waals surface area contributed by atoms with Gasteiger partial charge in [-0.05, 0) is 17.7 Å². The van der Waals surface area contributed by atoms with E-state index in [9.17, 15) is 13.2 Å². The fourth-order valence-electron chi connectivity index (χ4n) is 1.62. The number of pyridine rings is 1. The molecule has 0 aromatic carbocycles. The molecule has 7 nitrogen and oxygen atoms in total. The molecule has 0 aliphatic heterocycles. The second-order valence-electron chi connectivity index (χ2n) is 4.10. The quantitative estimate of drug-likeness (QED) is 0.765. The highest BCUT2D eigenvalue weighted by molar-refractivity contribution is 7.91.